The predicted molar refractivity (Wildman–Crippen MR) is 79.1 cm³/mol. The van der Waals surface area contributed by atoms with Crippen LogP contribution in [0, 0.1) is 0 Å². The lowest BCUT2D eigenvalue weighted by Gasteiger charge is -1.98. The number of hydrogen-bond acceptors (Lipinski definition) is 1. The van der Waals surface area contributed by atoms with Crippen molar-refractivity contribution in [1.29, 1.82) is 0 Å². The number of thiophene rings is 1. The molecule has 4 aromatic rings. The zero-order valence-electron chi connectivity index (χ0n) is 9.68. The summed E-state index contributed by atoms with van der Waals surface area (Å²) in [6.45, 7) is 0. The highest BCUT2D eigenvalue weighted by Crippen LogP contribution is 2.29. The summed E-state index contributed by atoms with van der Waals surface area (Å²) >= 11 is 1.79. The van der Waals surface area contributed by atoms with Crippen molar-refractivity contribution >= 4 is 32.3 Å². The van der Waals surface area contributed by atoms with Gasteiger partial charge in [-0.2, -0.15) is 0 Å². The maximum Gasteiger partial charge on any atom is 0.0465 e. The van der Waals surface area contributed by atoms with Crippen LogP contribution in [0.3, 0.4) is 0 Å². The molecule has 0 fully saturated rings. The Hall–Kier alpha value is -2.06. The van der Waals surface area contributed by atoms with Crippen molar-refractivity contribution in [2.75, 3.05) is 0 Å². The average molecular weight is 249 g/mol. The standard InChI is InChI=1S/C16H11NS/c1-2-4-14-11(3-1)10-15(17-14)12-5-6-16-13(9-12)7-8-18-16/h1-10,17H. The van der Waals surface area contributed by atoms with E-state index in [-0.39, 0.29) is 0 Å². The number of aromatic amines is 1. The van der Waals surface area contributed by atoms with Crippen LogP contribution < -0.4 is 0 Å². The molecule has 18 heavy (non-hydrogen) atoms. The van der Waals surface area contributed by atoms with E-state index in [0.717, 1.165) is 0 Å². The van der Waals surface area contributed by atoms with Crippen molar-refractivity contribution in [3.63, 3.8) is 0 Å². The molecular formula is C16H11NS. The maximum absolute atomic E-state index is 3.47. The number of H-pyrrole nitrogens is 1. The van der Waals surface area contributed by atoms with Crippen molar-refractivity contribution in [2.24, 2.45) is 0 Å². The van der Waals surface area contributed by atoms with E-state index in [1.165, 1.54) is 32.2 Å². The van der Waals surface area contributed by atoms with E-state index in [9.17, 15) is 0 Å². The minimum Gasteiger partial charge on any atom is -0.355 e. The fourth-order valence-corrected chi connectivity index (χ4v) is 3.13. The molecule has 0 aliphatic carbocycles. The Morgan fingerprint density at radius 3 is 2.72 bits per heavy atom. The third kappa shape index (κ3) is 1.46. The topological polar surface area (TPSA) is 15.8 Å². The van der Waals surface area contributed by atoms with Crippen molar-refractivity contribution in [3.8, 4) is 11.3 Å². The monoisotopic (exact) mass is 249 g/mol. The Morgan fingerprint density at radius 2 is 1.78 bits per heavy atom. The van der Waals surface area contributed by atoms with Crippen molar-refractivity contribution in [3.05, 3.63) is 60.0 Å². The molecule has 0 unspecified atom stereocenters. The molecule has 86 valence electrons. The van der Waals surface area contributed by atoms with E-state index >= 15 is 0 Å². The first kappa shape index (κ1) is 9.92. The van der Waals surface area contributed by atoms with Gasteiger partial charge in [-0.05, 0) is 46.7 Å². The number of aromatic nitrogens is 1. The van der Waals surface area contributed by atoms with Gasteiger partial charge in [0, 0.05) is 21.3 Å². The Bertz CT molecular complexity index is 805. The smallest absolute Gasteiger partial charge is 0.0465 e. The molecule has 2 heteroatoms. The van der Waals surface area contributed by atoms with Gasteiger partial charge in [0.05, 0.1) is 0 Å². The predicted octanol–water partition coefficient (Wildman–Crippen LogP) is 5.05. The van der Waals surface area contributed by atoms with E-state index in [1.807, 2.05) is 0 Å². The highest BCUT2D eigenvalue weighted by atomic mass is 32.1. The zero-order chi connectivity index (χ0) is 11.9. The van der Waals surface area contributed by atoms with Crippen LogP contribution in [0.4, 0.5) is 0 Å². The van der Waals surface area contributed by atoms with Crippen molar-refractivity contribution < 1.29 is 0 Å². The van der Waals surface area contributed by atoms with Crippen molar-refractivity contribution in [1.82, 2.24) is 4.98 Å². The van der Waals surface area contributed by atoms with E-state index in [1.54, 1.807) is 11.3 Å². The van der Waals surface area contributed by atoms with Crippen LogP contribution in [-0.4, -0.2) is 4.98 Å². The van der Waals surface area contributed by atoms with Gasteiger partial charge in [-0.1, -0.05) is 24.3 Å². The number of rotatable bonds is 1. The molecule has 0 radical (unpaired) electrons. The van der Waals surface area contributed by atoms with Crippen LogP contribution in [0.1, 0.15) is 0 Å². The zero-order valence-corrected chi connectivity index (χ0v) is 10.5. The second-order valence-corrected chi connectivity index (χ2v) is 5.39. The van der Waals surface area contributed by atoms with E-state index < -0.39 is 0 Å². The molecule has 2 aromatic carbocycles. The fourth-order valence-electron chi connectivity index (χ4n) is 2.36. The molecule has 0 aliphatic rings. The molecule has 2 aromatic heterocycles. The van der Waals surface area contributed by atoms with Crippen LogP contribution in [0.15, 0.2) is 60.0 Å². The van der Waals surface area contributed by atoms with Crippen LogP contribution in [0.5, 0.6) is 0 Å². The number of para-hydroxylation sites is 1. The van der Waals surface area contributed by atoms with Crippen LogP contribution in [0.2, 0.25) is 0 Å². The molecule has 0 amide bonds. The third-order valence-electron chi connectivity index (χ3n) is 3.29. The highest BCUT2D eigenvalue weighted by Gasteiger charge is 2.04. The van der Waals surface area contributed by atoms with Gasteiger partial charge in [0.15, 0.2) is 0 Å². The molecule has 0 saturated heterocycles. The first-order valence-electron chi connectivity index (χ1n) is 5.95. The number of fused-ring (bicyclic) bond motifs is 2. The fraction of sp³-hybridized carbons (Fsp3) is 0. The lowest BCUT2D eigenvalue weighted by atomic mass is 10.1. The third-order valence-corrected chi connectivity index (χ3v) is 4.19. The highest BCUT2D eigenvalue weighted by molar-refractivity contribution is 7.17. The second kappa shape index (κ2) is 3.72. The number of nitrogens with one attached hydrogen (secondary N) is 1. The molecule has 0 atom stereocenters. The summed E-state index contributed by atoms with van der Waals surface area (Å²) in [5.74, 6) is 0. The largest absolute Gasteiger partial charge is 0.355 e. The molecule has 4 rings (SSSR count). The molecule has 0 spiro atoms. The molecule has 0 aliphatic heterocycles. The van der Waals surface area contributed by atoms with E-state index in [2.05, 4.69) is 65.0 Å². The molecule has 1 nitrogen and oxygen atoms in total. The van der Waals surface area contributed by atoms with E-state index in [0.29, 0.717) is 0 Å². The Labute approximate surface area is 109 Å². The summed E-state index contributed by atoms with van der Waals surface area (Å²) in [6, 6.07) is 19.4. The second-order valence-electron chi connectivity index (χ2n) is 4.44. The molecule has 0 saturated carbocycles. The summed E-state index contributed by atoms with van der Waals surface area (Å²) in [7, 11) is 0. The van der Waals surface area contributed by atoms with Gasteiger partial charge < -0.3 is 4.98 Å². The average Bonchev–Trinajstić information content (AvgIpc) is 3.04. The van der Waals surface area contributed by atoms with E-state index in [4.69, 9.17) is 0 Å². The SMILES string of the molecule is c1ccc2[nH]c(-c3ccc4sccc4c3)cc2c1. The first-order chi connectivity index (χ1) is 8.90. The van der Waals surface area contributed by atoms with Crippen LogP contribution >= 0.6 is 11.3 Å². The summed E-state index contributed by atoms with van der Waals surface area (Å²) < 4.78 is 1.34. The Morgan fingerprint density at radius 1 is 0.833 bits per heavy atom. The Kier molecular flexibility index (Phi) is 2.05. The summed E-state index contributed by atoms with van der Waals surface area (Å²) in [6.07, 6.45) is 0. The first-order valence-corrected chi connectivity index (χ1v) is 6.83. The van der Waals surface area contributed by atoms with Gasteiger partial charge in [-0.3, -0.25) is 0 Å². The van der Waals surface area contributed by atoms with Gasteiger partial charge in [-0.25, -0.2) is 0 Å². The summed E-state index contributed by atoms with van der Waals surface area (Å²) in [5, 5.41) is 4.72. The lowest BCUT2D eigenvalue weighted by molar-refractivity contribution is 1.46. The molecule has 0 bridgehead atoms. The van der Waals surface area contributed by atoms with Gasteiger partial charge in [0.25, 0.3) is 0 Å². The maximum atomic E-state index is 3.47. The minimum absolute atomic E-state index is 1.18. The van der Waals surface area contributed by atoms with Gasteiger partial charge in [0.1, 0.15) is 0 Å². The lowest BCUT2D eigenvalue weighted by Crippen LogP contribution is -1.75. The normalized spacial score (nSPS) is 11.3. The van der Waals surface area contributed by atoms with Crippen LogP contribution in [0.25, 0.3) is 32.2 Å². The van der Waals surface area contributed by atoms with Crippen LogP contribution in [-0.2, 0) is 0 Å². The van der Waals surface area contributed by atoms with Gasteiger partial charge >= 0.3 is 0 Å². The number of hydrogen-bond donors (Lipinski definition) is 1. The quantitative estimate of drug-likeness (QED) is 0.486. The minimum atomic E-state index is 1.18. The van der Waals surface area contributed by atoms with Crippen molar-refractivity contribution in [2.45, 2.75) is 0 Å². The summed E-state index contributed by atoms with van der Waals surface area (Å²) in [4.78, 5) is 3.47. The number of benzene rings is 2. The molecule has 1 N–H and O–H groups in total. The molecule has 2 heterocycles. The Balaban J connectivity index is 1.94. The molecular weight excluding hydrogens is 238 g/mol. The van der Waals surface area contributed by atoms with Gasteiger partial charge in [-0.15, -0.1) is 11.3 Å². The summed E-state index contributed by atoms with van der Waals surface area (Å²) in [5.41, 5.74) is 3.62. The van der Waals surface area contributed by atoms with Gasteiger partial charge in [0.2, 0.25) is 0 Å².